The van der Waals surface area contributed by atoms with Gasteiger partial charge in [-0.1, -0.05) is 12.2 Å². The van der Waals surface area contributed by atoms with E-state index in [0.29, 0.717) is 0 Å². The van der Waals surface area contributed by atoms with E-state index in [4.69, 9.17) is 9.47 Å². The number of hydrogen-bond donors (Lipinski definition) is 0. The second kappa shape index (κ2) is 6.57. The van der Waals surface area contributed by atoms with Gasteiger partial charge in [-0.05, 0) is 40.0 Å². The highest BCUT2D eigenvalue weighted by atomic mass is 16.6. The monoisotopic (exact) mass is 254 g/mol. The molecule has 0 aromatic carbocycles. The van der Waals surface area contributed by atoms with E-state index in [1.54, 1.807) is 20.8 Å². The van der Waals surface area contributed by atoms with Gasteiger partial charge in [0, 0.05) is 5.92 Å². The van der Waals surface area contributed by atoms with E-state index in [9.17, 15) is 9.59 Å². The lowest BCUT2D eigenvalue weighted by molar-refractivity contribution is -0.174. The van der Waals surface area contributed by atoms with Crippen LogP contribution in [0.15, 0.2) is 12.2 Å². The van der Waals surface area contributed by atoms with Crippen LogP contribution in [-0.2, 0) is 19.1 Å². The molecule has 0 aromatic rings. The minimum atomic E-state index is -1.22. The van der Waals surface area contributed by atoms with Crippen molar-refractivity contribution in [1.29, 1.82) is 0 Å². The molecule has 0 unspecified atom stereocenters. The van der Waals surface area contributed by atoms with Gasteiger partial charge in [-0.15, -0.1) is 0 Å². The zero-order chi connectivity index (χ0) is 13.6. The summed E-state index contributed by atoms with van der Waals surface area (Å²) in [5.74, 6) is -1.11. The van der Waals surface area contributed by atoms with Crippen molar-refractivity contribution in [3.05, 3.63) is 12.2 Å². The van der Waals surface area contributed by atoms with Crippen molar-refractivity contribution >= 4 is 11.9 Å². The van der Waals surface area contributed by atoms with Crippen LogP contribution in [0.3, 0.4) is 0 Å². The largest absolute Gasteiger partial charge is 0.465 e. The number of rotatable bonds is 5. The summed E-state index contributed by atoms with van der Waals surface area (Å²) in [6.45, 7) is 5.64. The Morgan fingerprint density at radius 1 is 1.22 bits per heavy atom. The molecular formula is C14H22O4. The molecule has 0 aromatic heterocycles. The Kier molecular flexibility index (Phi) is 5.38. The number of carbonyl (C=O) groups is 2. The Morgan fingerprint density at radius 3 is 2.17 bits per heavy atom. The average Bonchev–Trinajstić information content (AvgIpc) is 2.39. The molecule has 0 amide bonds. The molecule has 0 saturated heterocycles. The maximum atomic E-state index is 12.1. The van der Waals surface area contributed by atoms with E-state index in [-0.39, 0.29) is 19.1 Å². The highest BCUT2D eigenvalue weighted by Gasteiger charge is 2.49. The number of carbonyl (C=O) groups excluding carboxylic acids is 2. The fraction of sp³-hybridized carbons (Fsp3) is 0.714. The molecule has 4 heteroatoms. The minimum absolute atomic E-state index is 0.135. The molecule has 0 spiro atoms. The summed E-state index contributed by atoms with van der Waals surface area (Å²) in [6.07, 6.45) is 6.75. The Bertz CT molecular complexity index is 315. The van der Waals surface area contributed by atoms with Crippen LogP contribution in [0.1, 0.15) is 40.0 Å². The van der Waals surface area contributed by atoms with Gasteiger partial charge in [0.15, 0.2) is 5.41 Å². The van der Waals surface area contributed by atoms with Gasteiger partial charge in [0.2, 0.25) is 0 Å². The van der Waals surface area contributed by atoms with Gasteiger partial charge in [0.25, 0.3) is 0 Å². The molecule has 0 N–H and O–H groups in total. The zero-order valence-corrected chi connectivity index (χ0v) is 11.4. The summed E-state index contributed by atoms with van der Waals surface area (Å²) in [6, 6.07) is 0. The molecule has 0 heterocycles. The Morgan fingerprint density at radius 2 is 1.78 bits per heavy atom. The van der Waals surface area contributed by atoms with Crippen LogP contribution in [0, 0.1) is 11.3 Å². The third kappa shape index (κ3) is 2.92. The molecule has 0 fully saturated rings. The highest BCUT2D eigenvalue weighted by Crippen LogP contribution is 2.37. The molecule has 102 valence electrons. The maximum Gasteiger partial charge on any atom is 0.323 e. The third-order valence-corrected chi connectivity index (χ3v) is 3.39. The third-order valence-electron chi connectivity index (χ3n) is 3.39. The first-order valence-electron chi connectivity index (χ1n) is 6.58. The summed E-state index contributed by atoms with van der Waals surface area (Å²) < 4.78 is 10.1. The standard InChI is InChI=1S/C14H22O4/c1-4-17-12(15)14(3,13(16)18-5-2)11-9-7-6-8-10-11/h7,9,11H,4-6,8,10H2,1-3H3/t11-/m0/s1. The lowest BCUT2D eigenvalue weighted by Crippen LogP contribution is -2.45. The second-order valence-electron chi connectivity index (χ2n) is 4.61. The molecule has 1 atom stereocenters. The Hall–Kier alpha value is -1.32. The number of hydrogen-bond acceptors (Lipinski definition) is 4. The second-order valence-corrected chi connectivity index (χ2v) is 4.61. The van der Waals surface area contributed by atoms with Crippen molar-refractivity contribution in [2.24, 2.45) is 11.3 Å². The van der Waals surface area contributed by atoms with Crippen molar-refractivity contribution in [2.75, 3.05) is 13.2 Å². The lowest BCUT2D eigenvalue weighted by Gasteiger charge is -2.32. The van der Waals surface area contributed by atoms with Crippen molar-refractivity contribution in [3.63, 3.8) is 0 Å². The fourth-order valence-electron chi connectivity index (χ4n) is 2.24. The van der Waals surface area contributed by atoms with Gasteiger partial charge < -0.3 is 9.47 Å². The van der Waals surface area contributed by atoms with Gasteiger partial charge in [0.1, 0.15) is 0 Å². The molecule has 0 aliphatic heterocycles. The Labute approximate surface area is 108 Å². The summed E-state index contributed by atoms with van der Waals surface area (Å²) in [5.41, 5.74) is -1.22. The predicted octanol–water partition coefficient (Wildman–Crippen LogP) is 2.48. The van der Waals surface area contributed by atoms with E-state index < -0.39 is 17.4 Å². The molecule has 0 radical (unpaired) electrons. The fourth-order valence-corrected chi connectivity index (χ4v) is 2.24. The van der Waals surface area contributed by atoms with Crippen LogP contribution in [0.5, 0.6) is 0 Å². The molecule has 1 aliphatic carbocycles. The van der Waals surface area contributed by atoms with Crippen molar-refractivity contribution in [2.45, 2.75) is 40.0 Å². The first-order chi connectivity index (χ1) is 8.57. The van der Waals surface area contributed by atoms with E-state index in [1.807, 2.05) is 12.2 Å². The SMILES string of the molecule is CCOC(=O)C(C)(C(=O)OCC)[C@H]1C=CCCC1. The lowest BCUT2D eigenvalue weighted by atomic mass is 9.72. The van der Waals surface area contributed by atoms with Crippen LogP contribution >= 0.6 is 0 Å². The molecule has 1 aliphatic rings. The van der Waals surface area contributed by atoms with Crippen molar-refractivity contribution in [3.8, 4) is 0 Å². The summed E-state index contributed by atoms with van der Waals surface area (Å²) in [7, 11) is 0. The van der Waals surface area contributed by atoms with E-state index in [0.717, 1.165) is 19.3 Å². The zero-order valence-electron chi connectivity index (χ0n) is 11.4. The molecule has 1 rings (SSSR count). The van der Waals surface area contributed by atoms with Gasteiger partial charge in [-0.3, -0.25) is 9.59 Å². The van der Waals surface area contributed by atoms with Crippen LogP contribution in [0.25, 0.3) is 0 Å². The topological polar surface area (TPSA) is 52.6 Å². The van der Waals surface area contributed by atoms with Crippen LogP contribution in [0.2, 0.25) is 0 Å². The number of esters is 2. The van der Waals surface area contributed by atoms with Crippen LogP contribution < -0.4 is 0 Å². The van der Waals surface area contributed by atoms with Crippen LogP contribution in [-0.4, -0.2) is 25.2 Å². The van der Waals surface area contributed by atoms with E-state index >= 15 is 0 Å². The van der Waals surface area contributed by atoms with Crippen LogP contribution in [0.4, 0.5) is 0 Å². The molecule has 4 nitrogen and oxygen atoms in total. The summed E-state index contributed by atoms with van der Waals surface area (Å²) in [5, 5.41) is 0. The van der Waals surface area contributed by atoms with Crippen molar-refractivity contribution < 1.29 is 19.1 Å². The smallest absolute Gasteiger partial charge is 0.323 e. The number of ether oxygens (including phenoxy) is 2. The van der Waals surface area contributed by atoms with E-state index in [1.165, 1.54) is 0 Å². The maximum absolute atomic E-state index is 12.1. The first kappa shape index (κ1) is 14.7. The summed E-state index contributed by atoms with van der Waals surface area (Å²) in [4.78, 5) is 24.2. The summed E-state index contributed by atoms with van der Waals surface area (Å²) >= 11 is 0. The van der Waals surface area contributed by atoms with Gasteiger partial charge in [-0.2, -0.15) is 0 Å². The quantitative estimate of drug-likeness (QED) is 0.429. The van der Waals surface area contributed by atoms with E-state index in [2.05, 4.69) is 0 Å². The molecule has 0 saturated carbocycles. The molecule has 18 heavy (non-hydrogen) atoms. The number of allylic oxidation sites excluding steroid dienone is 2. The van der Waals surface area contributed by atoms with Crippen molar-refractivity contribution in [1.82, 2.24) is 0 Å². The average molecular weight is 254 g/mol. The van der Waals surface area contributed by atoms with Gasteiger partial charge in [0.05, 0.1) is 13.2 Å². The minimum Gasteiger partial charge on any atom is -0.465 e. The predicted molar refractivity (Wildman–Crippen MR) is 67.9 cm³/mol. The highest BCUT2D eigenvalue weighted by molar-refractivity contribution is 6.00. The molecular weight excluding hydrogens is 232 g/mol. The normalized spacial score (nSPS) is 19.4. The van der Waals surface area contributed by atoms with Gasteiger partial charge >= 0.3 is 11.9 Å². The Balaban J connectivity index is 2.98. The van der Waals surface area contributed by atoms with Gasteiger partial charge in [-0.25, -0.2) is 0 Å². The molecule has 0 bridgehead atoms. The first-order valence-corrected chi connectivity index (χ1v) is 6.58.